The summed E-state index contributed by atoms with van der Waals surface area (Å²) in [5.74, 6) is -0.0691. The van der Waals surface area contributed by atoms with Crippen molar-refractivity contribution < 1.29 is 2.85 Å². The first-order chi connectivity index (χ1) is 7.09. The Kier molecular flexibility index (Phi) is 4.39. The largest absolute Gasteiger partial charge is 0.369 e. The number of hydrogen-bond acceptors (Lipinski definition) is 2. The van der Waals surface area contributed by atoms with E-state index in [4.69, 9.17) is 34.7 Å². The van der Waals surface area contributed by atoms with E-state index in [1.54, 1.807) is 18.3 Å². The second kappa shape index (κ2) is 5.58. The molecule has 0 aromatic heterocycles. The highest BCUT2D eigenvalue weighted by atomic mass is 35.5. The van der Waals surface area contributed by atoms with Crippen molar-refractivity contribution >= 4 is 35.4 Å². The molecule has 0 saturated carbocycles. The molecule has 0 spiro atoms. The van der Waals surface area contributed by atoms with Crippen molar-refractivity contribution in [2.24, 2.45) is 21.7 Å². The van der Waals surface area contributed by atoms with Crippen molar-refractivity contribution in [2.45, 2.75) is 6.42 Å². The number of hydrogen-bond donors (Lipinski definition) is 2. The summed E-state index contributed by atoms with van der Waals surface area (Å²) >= 11 is 11.6. The van der Waals surface area contributed by atoms with Crippen LogP contribution in [0.4, 0.5) is 0 Å². The number of halogens is 2. The van der Waals surface area contributed by atoms with Gasteiger partial charge in [-0.2, -0.15) is 5.10 Å². The molecule has 4 N–H and O–H groups in total. The Morgan fingerprint density at radius 2 is 2.07 bits per heavy atom. The van der Waals surface area contributed by atoms with Crippen LogP contribution in [0.5, 0.6) is 0 Å². The third-order valence-corrected chi connectivity index (χ3v) is 2.30. The van der Waals surface area contributed by atoms with Gasteiger partial charge in [0.2, 0.25) is 5.96 Å². The van der Waals surface area contributed by atoms with Crippen LogP contribution in [-0.4, -0.2) is 12.2 Å². The first-order valence-corrected chi connectivity index (χ1v) is 4.89. The van der Waals surface area contributed by atoms with Gasteiger partial charge in [0.25, 0.3) is 0 Å². The Balaban J connectivity index is 0. The third kappa shape index (κ3) is 4.18. The predicted octanol–water partition coefficient (Wildman–Crippen LogP) is 2.29. The smallest absolute Gasteiger partial charge is 0.211 e. The molecule has 1 rings (SSSR count). The van der Waals surface area contributed by atoms with E-state index in [1.807, 2.05) is 6.07 Å². The average molecular weight is 249 g/mol. The highest BCUT2D eigenvalue weighted by Crippen LogP contribution is 2.22. The fourth-order valence-electron chi connectivity index (χ4n) is 0.920. The molecule has 0 unspecified atom stereocenters. The molecule has 0 heterocycles. The molecule has 4 nitrogen and oxygen atoms in total. The molecule has 1 aromatic rings. The lowest BCUT2D eigenvalue weighted by Crippen LogP contribution is -2.21. The summed E-state index contributed by atoms with van der Waals surface area (Å²) in [5.41, 5.74) is 11.2. The van der Waals surface area contributed by atoms with Gasteiger partial charge in [0.1, 0.15) is 0 Å². The first kappa shape index (κ1) is 11.8. The van der Waals surface area contributed by atoms with Crippen LogP contribution >= 0.6 is 23.2 Å². The highest BCUT2D eigenvalue weighted by molar-refractivity contribution is 6.42. The predicted molar refractivity (Wildman–Crippen MR) is 68.7 cm³/mol. The van der Waals surface area contributed by atoms with E-state index >= 15 is 0 Å². The fraction of sp³-hybridized carbons (Fsp3) is 0.111. The molecule has 0 aliphatic carbocycles. The Labute approximate surface area is 101 Å². The van der Waals surface area contributed by atoms with Crippen molar-refractivity contribution in [3.8, 4) is 0 Å². The molecule has 0 saturated heterocycles. The molecule has 0 aliphatic heterocycles. The molecule has 0 amide bonds. The lowest BCUT2D eigenvalue weighted by Gasteiger charge is -1.98. The van der Waals surface area contributed by atoms with Gasteiger partial charge in [-0.3, -0.25) is 0 Å². The van der Waals surface area contributed by atoms with Gasteiger partial charge in [-0.1, -0.05) is 29.3 Å². The fourth-order valence-corrected chi connectivity index (χ4v) is 1.24. The second-order valence-corrected chi connectivity index (χ2v) is 3.59. The number of guanidine groups is 1. The zero-order valence-corrected chi connectivity index (χ0v) is 9.33. The van der Waals surface area contributed by atoms with E-state index in [1.165, 1.54) is 0 Å². The topological polar surface area (TPSA) is 76.8 Å². The normalized spacial score (nSPS) is 10.5. The molecule has 15 heavy (non-hydrogen) atoms. The lowest BCUT2D eigenvalue weighted by molar-refractivity contribution is 1.19. The molecular weight excluding hydrogens is 235 g/mol. The van der Waals surface area contributed by atoms with Gasteiger partial charge in [-0.05, 0) is 17.7 Å². The van der Waals surface area contributed by atoms with Crippen LogP contribution in [0.1, 0.15) is 8.42 Å². The number of benzene rings is 1. The van der Waals surface area contributed by atoms with Gasteiger partial charge in [0.15, 0.2) is 0 Å². The summed E-state index contributed by atoms with van der Waals surface area (Å²) in [5, 5.41) is 8.16. The Morgan fingerprint density at radius 1 is 1.33 bits per heavy atom. The maximum atomic E-state index is 5.83. The summed E-state index contributed by atoms with van der Waals surface area (Å²) in [6.07, 6.45) is 2.17. The maximum Gasteiger partial charge on any atom is 0.211 e. The lowest BCUT2D eigenvalue weighted by atomic mass is 10.2. The molecular formula is C9H14Cl2N4. The minimum absolute atomic E-state index is 0. The summed E-state index contributed by atoms with van der Waals surface area (Å²) in [7, 11) is 0. The van der Waals surface area contributed by atoms with Crippen molar-refractivity contribution in [1.29, 1.82) is 0 Å². The number of rotatable bonds is 3. The van der Waals surface area contributed by atoms with Crippen molar-refractivity contribution in [2.75, 3.05) is 0 Å². The van der Waals surface area contributed by atoms with Gasteiger partial charge < -0.3 is 11.5 Å². The second-order valence-electron chi connectivity index (χ2n) is 2.78. The molecule has 0 aliphatic rings. The number of nitrogens with two attached hydrogens (primary N) is 2. The summed E-state index contributed by atoms with van der Waals surface area (Å²) in [4.78, 5) is 0. The van der Waals surface area contributed by atoms with Crippen LogP contribution in [0.3, 0.4) is 0 Å². The van der Waals surface area contributed by atoms with Crippen LogP contribution < -0.4 is 11.5 Å². The van der Waals surface area contributed by atoms with Crippen LogP contribution in [0, 0.1) is 0 Å². The molecule has 0 atom stereocenters. The molecule has 0 fully saturated rings. The summed E-state index contributed by atoms with van der Waals surface area (Å²) in [6.45, 7) is 0. The van der Waals surface area contributed by atoms with E-state index in [0.717, 1.165) is 5.56 Å². The van der Waals surface area contributed by atoms with Crippen LogP contribution in [-0.2, 0) is 6.42 Å². The van der Waals surface area contributed by atoms with Crippen LogP contribution in [0.25, 0.3) is 0 Å². The molecule has 1 aromatic carbocycles. The van der Waals surface area contributed by atoms with Crippen molar-refractivity contribution in [1.82, 2.24) is 0 Å². The molecule has 84 valence electrons. The zero-order chi connectivity index (χ0) is 11.3. The van der Waals surface area contributed by atoms with Crippen LogP contribution in [0.15, 0.2) is 28.4 Å². The van der Waals surface area contributed by atoms with Crippen molar-refractivity contribution in [3.05, 3.63) is 33.8 Å². The van der Waals surface area contributed by atoms with E-state index in [-0.39, 0.29) is 8.81 Å². The highest BCUT2D eigenvalue weighted by Gasteiger charge is 1.97. The van der Waals surface area contributed by atoms with Gasteiger partial charge >= 0.3 is 0 Å². The third-order valence-electron chi connectivity index (χ3n) is 1.57. The maximum absolute atomic E-state index is 5.83. The standard InChI is InChI=1S/C9H10Cl2N4.2H2/c10-7-2-1-6(5-8(7)11)3-4-14-15-9(12)13;;/h1-2,4-5H,3H2,(H4,12,13,15);2*1H. The van der Waals surface area contributed by atoms with Gasteiger partial charge in [-0.25, -0.2) is 0 Å². The van der Waals surface area contributed by atoms with Gasteiger partial charge in [0.05, 0.1) is 10.0 Å². The number of nitrogens with zero attached hydrogens (tertiary/aromatic N) is 2. The minimum Gasteiger partial charge on any atom is -0.369 e. The van der Waals surface area contributed by atoms with E-state index < -0.39 is 0 Å². The Hall–Kier alpha value is -1.26. The average Bonchev–Trinajstić information content (AvgIpc) is 2.18. The van der Waals surface area contributed by atoms with Crippen molar-refractivity contribution in [3.63, 3.8) is 0 Å². The summed E-state index contributed by atoms with van der Waals surface area (Å²) < 4.78 is 0. The van der Waals surface area contributed by atoms with Crippen LogP contribution in [0.2, 0.25) is 10.0 Å². The van der Waals surface area contributed by atoms with E-state index in [2.05, 4.69) is 10.2 Å². The monoisotopic (exact) mass is 248 g/mol. The molecule has 0 bridgehead atoms. The quantitative estimate of drug-likeness (QED) is 0.489. The Bertz CT molecular complexity index is 406. The first-order valence-electron chi connectivity index (χ1n) is 4.14. The van der Waals surface area contributed by atoms with E-state index in [0.29, 0.717) is 16.5 Å². The van der Waals surface area contributed by atoms with Gasteiger partial charge in [0, 0.05) is 15.5 Å². The SMILES string of the molecule is NC(N)=NN=CCc1ccc(Cl)c(Cl)c1.[HH].[HH]. The summed E-state index contributed by atoms with van der Waals surface area (Å²) in [6, 6.07) is 5.36. The minimum atomic E-state index is -0.0691. The molecule has 6 heteroatoms. The Morgan fingerprint density at radius 3 is 2.67 bits per heavy atom. The molecule has 0 radical (unpaired) electrons. The zero-order valence-electron chi connectivity index (χ0n) is 7.82. The van der Waals surface area contributed by atoms with E-state index in [9.17, 15) is 0 Å². The van der Waals surface area contributed by atoms with Gasteiger partial charge in [-0.15, -0.1) is 5.10 Å².